The van der Waals surface area contributed by atoms with E-state index in [2.05, 4.69) is 10.6 Å². The molecular formula is C18H22N2O2S. The Bertz CT molecular complexity index is 626. The minimum atomic E-state index is -0.582. The summed E-state index contributed by atoms with van der Waals surface area (Å²) in [7, 11) is 0. The molecule has 2 N–H and O–H groups in total. The van der Waals surface area contributed by atoms with Gasteiger partial charge in [0.2, 0.25) is 5.91 Å². The lowest BCUT2D eigenvalue weighted by atomic mass is 10.0. The molecule has 23 heavy (non-hydrogen) atoms. The zero-order valence-corrected chi connectivity index (χ0v) is 14.2. The molecule has 4 nitrogen and oxygen atoms in total. The van der Waals surface area contributed by atoms with Crippen LogP contribution in [0.3, 0.4) is 0 Å². The largest absolute Gasteiger partial charge is 0.352 e. The number of benzene rings is 1. The molecule has 2 atom stereocenters. The molecule has 0 aliphatic heterocycles. The van der Waals surface area contributed by atoms with Gasteiger partial charge in [-0.2, -0.15) is 0 Å². The van der Waals surface area contributed by atoms with E-state index in [1.165, 1.54) is 11.3 Å². The number of hydrogen-bond acceptors (Lipinski definition) is 3. The Hall–Kier alpha value is -2.14. The fraction of sp³-hybridized carbons (Fsp3) is 0.333. The van der Waals surface area contributed by atoms with Gasteiger partial charge in [-0.3, -0.25) is 9.59 Å². The van der Waals surface area contributed by atoms with E-state index in [0.29, 0.717) is 11.3 Å². The van der Waals surface area contributed by atoms with Crippen LogP contribution in [0, 0.1) is 0 Å². The first-order valence-electron chi connectivity index (χ1n) is 7.78. The molecule has 0 saturated heterocycles. The molecule has 0 aliphatic carbocycles. The first kappa shape index (κ1) is 17.2. The minimum absolute atomic E-state index is 0.0828. The summed E-state index contributed by atoms with van der Waals surface area (Å²) in [5.41, 5.74) is 1.02. The van der Waals surface area contributed by atoms with Crippen LogP contribution in [0.5, 0.6) is 0 Å². The van der Waals surface area contributed by atoms with Gasteiger partial charge in [-0.1, -0.05) is 43.3 Å². The van der Waals surface area contributed by atoms with Crippen LogP contribution in [0.2, 0.25) is 0 Å². The Morgan fingerprint density at radius 1 is 1.09 bits per heavy atom. The highest BCUT2D eigenvalue weighted by molar-refractivity contribution is 7.12. The summed E-state index contributed by atoms with van der Waals surface area (Å²) in [5, 5.41) is 7.65. The fourth-order valence-electron chi connectivity index (χ4n) is 2.14. The lowest BCUT2D eigenvalue weighted by Gasteiger charge is -2.20. The molecule has 0 aliphatic rings. The van der Waals surface area contributed by atoms with Crippen LogP contribution in [0.1, 0.15) is 35.5 Å². The second-order valence-electron chi connectivity index (χ2n) is 5.51. The zero-order valence-electron chi connectivity index (χ0n) is 13.4. The van der Waals surface area contributed by atoms with Gasteiger partial charge in [0.1, 0.15) is 6.04 Å². The summed E-state index contributed by atoms with van der Waals surface area (Å²) in [6.07, 6.45) is 1.32. The molecule has 0 radical (unpaired) electrons. The van der Waals surface area contributed by atoms with Gasteiger partial charge < -0.3 is 10.6 Å². The maximum atomic E-state index is 12.5. The Morgan fingerprint density at radius 2 is 1.83 bits per heavy atom. The standard InChI is InChI=1S/C18H22N2O2S/c1-3-13(2)19-17(21)15(12-14-8-5-4-6-9-14)20-18(22)16-10-7-11-23-16/h4-11,13,15H,3,12H2,1-2H3,(H,19,21)(H,20,22). The van der Waals surface area contributed by atoms with E-state index in [9.17, 15) is 9.59 Å². The molecule has 0 bridgehead atoms. The van der Waals surface area contributed by atoms with Gasteiger partial charge in [0.05, 0.1) is 4.88 Å². The van der Waals surface area contributed by atoms with E-state index in [1.807, 2.05) is 55.6 Å². The monoisotopic (exact) mass is 330 g/mol. The minimum Gasteiger partial charge on any atom is -0.352 e. The highest BCUT2D eigenvalue weighted by Crippen LogP contribution is 2.10. The maximum Gasteiger partial charge on any atom is 0.262 e. The first-order chi connectivity index (χ1) is 11.1. The van der Waals surface area contributed by atoms with Crippen molar-refractivity contribution in [3.05, 3.63) is 58.3 Å². The van der Waals surface area contributed by atoms with Crippen molar-refractivity contribution in [1.29, 1.82) is 0 Å². The van der Waals surface area contributed by atoms with E-state index in [1.54, 1.807) is 6.07 Å². The Labute approximate surface area is 140 Å². The third-order valence-electron chi connectivity index (χ3n) is 3.65. The average Bonchev–Trinajstić information content (AvgIpc) is 3.09. The van der Waals surface area contributed by atoms with Gasteiger partial charge in [-0.05, 0) is 30.4 Å². The maximum absolute atomic E-state index is 12.5. The van der Waals surface area contributed by atoms with Gasteiger partial charge in [0.15, 0.2) is 0 Å². The molecule has 0 fully saturated rings. The molecule has 2 unspecified atom stereocenters. The normalized spacial score (nSPS) is 13.1. The van der Waals surface area contributed by atoms with E-state index in [4.69, 9.17) is 0 Å². The molecule has 122 valence electrons. The van der Waals surface area contributed by atoms with Gasteiger partial charge >= 0.3 is 0 Å². The lowest BCUT2D eigenvalue weighted by Crippen LogP contribution is -2.50. The van der Waals surface area contributed by atoms with Crippen molar-refractivity contribution in [2.45, 2.75) is 38.8 Å². The Kier molecular flexibility index (Phi) is 6.35. The van der Waals surface area contributed by atoms with Crippen molar-refractivity contribution >= 4 is 23.2 Å². The molecule has 2 aromatic rings. The zero-order chi connectivity index (χ0) is 16.7. The van der Waals surface area contributed by atoms with Gasteiger partial charge in [0.25, 0.3) is 5.91 Å². The topological polar surface area (TPSA) is 58.2 Å². The van der Waals surface area contributed by atoms with Gasteiger partial charge in [-0.15, -0.1) is 11.3 Å². The van der Waals surface area contributed by atoms with Crippen molar-refractivity contribution in [1.82, 2.24) is 10.6 Å². The number of carbonyl (C=O) groups is 2. The number of carbonyl (C=O) groups excluding carboxylic acids is 2. The summed E-state index contributed by atoms with van der Waals surface area (Å²) >= 11 is 1.37. The summed E-state index contributed by atoms with van der Waals surface area (Å²) in [4.78, 5) is 25.4. The van der Waals surface area contributed by atoms with Crippen LogP contribution < -0.4 is 10.6 Å². The number of thiophene rings is 1. The van der Waals surface area contributed by atoms with Crippen LogP contribution in [0.4, 0.5) is 0 Å². The summed E-state index contributed by atoms with van der Waals surface area (Å²) in [6, 6.07) is 12.8. The highest BCUT2D eigenvalue weighted by atomic mass is 32.1. The molecule has 2 amide bonds. The van der Waals surface area contributed by atoms with Crippen molar-refractivity contribution in [2.75, 3.05) is 0 Å². The second-order valence-corrected chi connectivity index (χ2v) is 6.46. The summed E-state index contributed by atoms with van der Waals surface area (Å²) in [5.74, 6) is -0.353. The SMILES string of the molecule is CCC(C)NC(=O)C(Cc1ccccc1)NC(=O)c1cccs1. The Balaban J connectivity index is 2.10. The third-order valence-corrected chi connectivity index (χ3v) is 4.52. The van der Waals surface area contributed by atoms with Gasteiger partial charge in [0, 0.05) is 12.5 Å². The summed E-state index contributed by atoms with van der Waals surface area (Å²) < 4.78 is 0. The number of nitrogens with one attached hydrogen (secondary N) is 2. The molecule has 0 saturated carbocycles. The van der Waals surface area contributed by atoms with E-state index < -0.39 is 6.04 Å². The summed E-state index contributed by atoms with van der Waals surface area (Å²) in [6.45, 7) is 3.97. The number of rotatable bonds is 7. The van der Waals surface area contributed by atoms with Crippen LogP contribution in [0.25, 0.3) is 0 Å². The van der Waals surface area contributed by atoms with E-state index in [0.717, 1.165) is 12.0 Å². The van der Waals surface area contributed by atoms with Crippen LogP contribution >= 0.6 is 11.3 Å². The molecule has 1 aromatic carbocycles. The number of hydrogen-bond donors (Lipinski definition) is 2. The predicted molar refractivity (Wildman–Crippen MR) is 93.6 cm³/mol. The average molecular weight is 330 g/mol. The molecule has 2 rings (SSSR count). The number of amides is 2. The first-order valence-corrected chi connectivity index (χ1v) is 8.66. The van der Waals surface area contributed by atoms with Gasteiger partial charge in [-0.25, -0.2) is 0 Å². The van der Waals surface area contributed by atoms with Crippen molar-refractivity contribution in [2.24, 2.45) is 0 Å². The van der Waals surface area contributed by atoms with Crippen LogP contribution in [-0.2, 0) is 11.2 Å². The predicted octanol–water partition coefficient (Wildman–Crippen LogP) is 3.00. The molecule has 1 aromatic heterocycles. The molecule has 1 heterocycles. The van der Waals surface area contributed by atoms with E-state index >= 15 is 0 Å². The fourth-order valence-corrected chi connectivity index (χ4v) is 2.77. The molecule has 5 heteroatoms. The van der Waals surface area contributed by atoms with Crippen molar-refractivity contribution in [3.8, 4) is 0 Å². The third kappa shape index (κ3) is 5.21. The van der Waals surface area contributed by atoms with Crippen molar-refractivity contribution < 1.29 is 9.59 Å². The molecule has 0 spiro atoms. The van der Waals surface area contributed by atoms with Crippen molar-refractivity contribution in [3.63, 3.8) is 0 Å². The Morgan fingerprint density at radius 3 is 2.43 bits per heavy atom. The second kappa shape index (κ2) is 8.48. The van der Waals surface area contributed by atoms with Crippen LogP contribution in [-0.4, -0.2) is 23.9 Å². The quantitative estimate of drug-likeness (QED) is 0.820. The van der Waals surface area contributed by atoms with Crippen LogP contribution in [0.15, 0.2) is 47.8 Å². The highest BCUT2D eigenvalue weighted by Gasteiger charge is 2.23. The smallest absolute Gasteiger partial charge is 0.262 e. The van der Waals surface area contributed by atoms with E-state index in [-0.39, 0.29) is 17.9 Å². The molecular weight excluding hydrogens is 308 g/mol. The lowest BCUT2D eigenvalue weighted by molar-refractivity contribution is -0.123.